The van der Waals surface area contributed by atoms with Gasteiger partial charge in [0.05, 0.1) is 22.9 Å². The highest BCUT2D eigenvalue weighted by atomic mass is 19.4. The quantitative estimate of drug-likeness (QED) is 0.0570. The molecule has 68 heavy (non-hydrogen) atoms. The number of carbonyl (C=O) groups is 3. The van der Waals surface area contributed by atoms with Crippen molar-refractivity contribution in [2.75, 3.05) is 31.5 Å². The molecule has 0 radical (unpaired) electrons. The first kappa shape index (κ1) is 54.5. The molecular weight excluding hydrogens is 891 g/mol. The number of aliphatic imine (C=N–C) groups is 1. The van der Waals surface area contributed by atoms with Gasteiger partial charge in [-0.25, -0.2) is 9.59 Å². The van der Waals surface area contributed by atoms with Gasteiger partial charge in [0.1, 0.15) is 6.04 Å². The first-order chi connectivity index (χ1) is 31.8. The summed E-state index contributed by atoms with van der Waals surface area (Å²) in [6.07, 6.45) is -5.96. The Morgan fingerprint density at radius 3 is 1.59 bits per heavy atom. The summed E-state index contributed by atoms with van der Waals surface area (Å²) in [5, 5.41) is 11.2. The molecule has 2 fully saturated rings. The predicted molar refractivity (Wildman–Crippen MR) is 250 cm³/mol. The summed E-state index contributed by atoms with van der Waals surface area (Å²) in [6.45, 7) is 16.6. The monoisotopic (exact) mass is 952 g/mol. The lowest BCUT2D eigenvalue weighted by Crippen LogP contribution is -2.56. The number of halogens is 6. The molecular formula is C50H62F6N8O4. The molecule has 368 valence electrons. The first-order valence-electron chi connectivity index (χ1n) is 22.2. The molecule has 4 aromatic carbocycles. The number of nitrogens with two attached hydrogens (primary N) is 1. The molecule has 0 aromatic heterocycles. The van der Waals surface area contributed by atoms with Crippen molar-refractivity contribution < 1.29 is 45.5 Å². The Balaban J connectivity index is 0.000000250. The van der Waals surface area contributed by atoms with Crippen LogP contribution in [-0.2, 0) is 39.8 Å². The number of anilines is 1. The summed E-state index contributed by atoms with van der Waals surface area (Å²) in [4.78, 5) is 55.2. The van der Waals surface area contributed by atoms with Gasteiger partial charge in [-0.15, -0.1) is 0 Å². The number of hydrogen-bond acceptors (Lipinski definition) is 8. The number of likely N-dealkylation sites (tertiary alicyclic amines) is 2. The van der Waals surface area contributed by atoms with Gasteiger partial charge in [-0.1, -0.05) is 114 Å². The molecule has 4 amide bonds. The highest BCUT2D eigenvalue weighted by molar-refractivity contribution is 5.94. The fourth-order valence-electron chi connectivity index (χ4n) is 7.39. The van der Waals surface area contributed by atoms with Gasteiger partial charge in [-0.05, 0) is 71.2 Å². The number of isocyanates is 1. The number of benzene rings is 4. The summed E-state index contributed by atoms with van der Waals surface area (Å²) in [5.74, 6) is -0.354. The molecule has 2 aliphatic heterocycles. The van der Waals surface area contributed by atoms with Gasteiger partial charge in [-0.3, -0.25) is 19.4 Å². The van der Waals surface area contributed by atoms with Crippen LogP contribution in [0.5, 0.6) is 0 Å². The lowest BCUT2D eigenvalue weighted by atomic mass is 9.86. The van der Waals surface area contributed by atoms with Crippen molar-refractivity contribution in [3.05, 3.63) is 131 Å². The highest BCUT2D eigenvalue weighted by Crippen LogP contribution is 2.32. The maximum atomic E-state index is 13.1. The summed E-state index contributed by atoms with van der Waals surface area (Å²) >= 11 is 0. The minimum atomic E-state index is -4.52. The van der Waals surface area contributed by atoms with Gasteiger partial charge < -0.3 is 27.0 Å². The average Bonchev–Trinajstić information content (AvgIpc) is 3.90. The van der Waals surface area contributed by atoms with Crippen LogP contribution >= 0.6 is 0 Å². The van der Waals surface area contributed by atoms with E-state index in [0.717, 1.165) is 69.8 Å². The zero-order valence-corrected chi connectivity index (χ0v) is 39.2. The zero-order chi connectivity index (χ0) is 50.3. The molecule has 0 spiro atoms. The Bertz CT molecular complexity index is 2300. The highest BCUT2D eigenvalue weighted by Gasteiger charge is 2.36. The van der Waals surface area contributed by atoms with E-state index in [1.165, 1.54) is 41.5 Å². The normalized spacial score (nSPS) is 17.5. The van der Waals surface area contributed by atoms with Crippen LogP contribution in [0.15, 0.2) is 114 Å². The van der Waals surface area contributed by atoms with Crippen LogP contribution in [0, 0.1) is 10.8 Å². The maximum Gasteiger partial charge on any atom is 0.416 e. The van der Waals surface area contributed by atoms with E-state index in [0.29, 0.717) is 6.54 Å². The molecule has 4 aromatic rings. The van der Waals surface area contributed by atoms with Gasteiger partial charge >= 0.3 is 18.4 Å². The molecule has 0 bridgehead atoms. The topological polar surface area (TPSA) is 161 Å². The molecule has 0 saturated carbocycles. The number of hydrogen-bond donors (Lipinski definition) is 5. The summed E-state index contributed by atoms with van der Waals surface area (Å²) in [5.41, 5.74) is 5.96. The van der Waals surface area contributed by atoms with Crippen molar-refractivity contribution >= 4 is 35.3 Å². The molecule has 2 saturated heterocycles. The maximum absolute atomic E-state index is 13.1. The van der Waals surface area contributed by atoms with Crippen molar-refractivity contribution in [2.24, 2.45) is 21.6 Å². The van der Waals surface area contributed by atoms with Crippen molar-refractivity contribution in [1.82, 2.24) is 25.8 Å². The van der Waals surface area contributed by atoms with Crippen LogP contribution in [0.2, 0.25) is 0 Å². The van der Waals surface area contributed by atoms with Gasteiger partial charge in [0, 0.05) is 57.0 Å². The fourth-order valence-corrected chi connectivity index (χ4v) is 7.39. The van der Waals surface area contributed by atoms with Gasteiger partial charge in [0.25, 0.3) is 0 Å². The van der Waals surface area contributed by atoms with E-state index in [-0.39, 0.29) is 40.7 Å². The van der Waals surface area contributed by atoms with Crippen molar-refractivity contribution in [3.8, 4) is 0 Å². The lowest BCUT2D eigenvalue weighted by molar-refractivity contribution is -0.138. The summed E-state index contributed by atoms with van der Waals surface area (Å²) in [6, 6.07) is 27.1. The molecule has 4 atom stereocenters. The van der Waals surface area contributed by atoms with Gasteiger partial charge in [0.2, 0.25) is 17.9 Å². The van der Waals surface area contributed by atoms with Crippen molar-refractivity contribution in [2.45, 2.75) is 104 Å². The van der Waals surface area contributed by atoms with E-state index in [1.807, 2.05) is 65.8 Å². The largest absolute Gasteiger partial charge is 0.416 e. The van der Waals surface area contributed by atoms with Crippen LogP contribution in [0.1, 0.15) is 76.6 Å². The standard InChI is InChI=1S/C25H31F3N4O2.C17H27N3O.C8H4F3NO/c1-24(2,3)21(31-23(34)30-19-11-7-10-18(14-19)25(26,27)28)22(33)29-20-12-13-32(16-20)15-17-8-5-4-6-9-17;1-17(2,3)15(18)16(21)19-14-9-10-20(12-14)11-13-7-5-4-6-8-13;9-8(10,11)6-2-1-3-7(4-6)12-5-13/h4-11,14,20-21H,12-13,15-16H2,1-3H3,(H,29,33)(H2,30,31,34);4-8,14-15H,9-12,18H2,1-3H3,(H,19,21);1-4H/t20-,21-;14-,15-;/m11./s1. The van der Waals surface area contributed by atoms with E-state index in [9.17, 15) is 45.5 Å². The zero-order valence-electron chi connectivity index (χ0n) is 39.2. The molecule has 6 N–H and O–H groups in total. The Morgan fingerprint density at radius 2 is 1.13 bits per heavy atom. The van der Waals surface area contributed by atoms with Crippen LogP contribution in [0.3, 0.4) is 0 Å². The van der Waals surface area contributed by atoms with Crippen LogP contribution in [0.4, 0.5) is 42.5 Å². The molecule has 6 rings (SSSR count). The first-order valence-corrected chi connectivity index (χ1v) is 22.2. The minimum Gasteiger partial charge on any atom is -0.351 e. The number of rotatable bonds is 11. The second kappa shape index (κ2) is 24.3. The van der Waals surface area contributed by atoms with Gasteiger partial charge in [-0.2, -0.15) is 31.3 Å². The second-order valence-electron chi connectivity index (χ2n) is 19.0. The Morgan fingerprint density at radius 1 is 0.662 bits per heavy atom. The lowest BCUT2D eigenvalue weighted by Gasteiger charge is -2.31. The van der Waals surface area contributed by atoms with Gasteiger partial charge in [0.15, 0.2) is 0 Å². The Hall–Kier alpha value is -6.07. The summed E-state index contributed by atoms with van der Waals surface area (Å²) in [7, 11) is 0. The van der Waals surface area contributed by atoms with Crippen molar-refractivity contribution in [3.63, 3.8) is 0 Å². The molecule has 2 aliphatic rings. The van der Waals surface area contributed by atoms with E-state index in [2.05, 4.69) is 72.5 Å². The van der Waals surface area contributed by atoms with Crippen LogP contribution < -0.4 is 27.0 Å². The predicted octanol–water partition coefficient (Wildman–Crippen LogP) is 9.06. The molecule has 12 nitrogen and oxygen atoms in total. The Kier molecular flexibility index (Phi) is 19.5. The third-order valence-electron chi connectivity index (χ3n) is 11.2. The SMILES string of the molecule is CC(C)(C)[C@H](N)C(=O)N[C@@H]1CCN(Cc2ccccc2)C1.CC(C)(C)[C@H](NC(=O)Nc1cccc(C(F)(F)F)c1)C(=O)N[C@@H]1CCN(Cc2ccccc2)C1.O=C=Nc1cccc(C(F)(F)F)c1. The third kappa shape index (κ3) is 18.2. The van der Waals surface area contributed by atoms with Crippen molar-refractivity contribution in [1.29, 1.82) is 0 Å². The van der Waals surface area contributed by atoms with E-state index >= 15 is 0 Å². The number of urea groups is 1. The number of nitrogens with zero attached hydrogens (tertiary/aromatic N) is 3. The average molecular weight is 953 g/mol. The number of nitrogens with one attached hydrogen (secondary N) is 4. The third-order valence-corrected chi connectivity index (χ3v) is 11.2. The van der Waals surface area contributed by atoms with Crippen LogP contribution in [-0.4, -0.2) is 84.1 Å². The molecule has 0 unspecified atom stereocenters. The number of alkyl halides is 6. The Labute approximate surface area is 394 Å². The second-order valence-corrected chi connectivity index (χ2v) is 19.0. The number of carbonyl (C=O) groups excluding carboxylic acids is 4. The number of amides is 4. The molecule has 0 aliphatic carbocycles. The van der Waals surface area contributed by atoms with E-state index in [1.54, 1.807) is 0 Å². The smallest absolute Gasteiger partial charge is 0.351 e. The minimum absolute atomic E-state index is 0.00672. The summed E-state index contributed by atoms with van der Waals surface area (Å²) < 4.78 is 75.0. The molecule has 2 heterocycles. The fraction of sp³-hybridized carbons (Fsp3) is 0.440. The molecule has 18 heteroatoms. The van der Waals surface area contributed by atoms with E-state index in [4.69, 9.17) is 5.73 Å². The van der Waals surface area contributed by atoms with Crippen LogP contribution in [0.25, 0.3) is 0 Å². The van der Waals surface area contributed by atoms with E-state index < -0.39 is 47.0 Å².